The van der Waals surface area contributed by atoms with E-state index in [9.17, 15) is 9.90 Å². The van der Waals surface area contributed by atoms with Crippen molar-refractivity contribution in [2.75, 3.05) is 27.2 Å². The van der Waals surface area contributed by atoms with Crippen LogP contribution in [-0.4, -0.2) is 63.9 Å². The van der Waals surface area contributed by atoms with E-state index in [0.717, 1.165) is 30.6 Å². The van der Waals surface area contributed by atoms with Crippen LogP contribution in [0.1, 0.15) is 37.2 Å². The number of fused-ring (bicyclic) bond motifs is 1. The fraction of sp³-hybridized carbons (Fsp3) is 0.750. The van der Waals surface area contributed by atoms with Gasteiger partial charge in [0.25, 0.3) is 0 Å². The Hall–Kier alpha value is -1.60. The number of aromatic nitrogens is 2. The van der Waals surface area contributed by atoms with E-state index in [0.29, 0.717) is 31.4 Å². The van der Waals surface area contributed by atoms with Crippen LogP contribution in [0.25, 0.3) is 0 Å². The summed E-state index contributed by atoms with van der Waals surface area (Å²) in [6, 6.07) is 0.404. The monoisotopic (exact) mass is 323 g/mol. The lowest BCUT2D eigenvalue weighted by Crippen LogP contribution is -2.44. The van der Waals surface area contributed by atoms with Crippen molar-refractivity contribution < 1.29 is 9.90 Å². The van der Waals surface area contributed by atoms with Gasteiger partial charge in [0.2, 0.25) is 0 Å². The molecule has 0 radical (unpaired) electrons. The number of aryl methyl sites for hydroxylation is 1. The molecule has 1 aliphatic heterocycles. The van der Waals surface area contributed by atoms with Gasteiger partial charge in [-0.25, -0.2) is 4.79 Å². The molecule has 130 valence electrons. The summed E-state index contributed by atoms with van der Waals surface area (Å²) in [4.78, 5) is 16.3. The predicted molar refractivity (Wildman–Crippen MR) is 89.1 cm³/mol. The summed E-state index contributed by atoms with van der Waals surface area (Å²) < 4.78 is 1.94. The zero-order valence-corrected chi connectivity index (χ0v) is 14.7. The van der Waals surface area contributed by atoms with Gasteiger partial charge in [-0.3, -0.25) is 4.68 Å². The SMILES string of the molecule is CCn1nc(CO)c2c1CCN(C(=O)NCCC(C)N(C)C)C2. The Bertz CT molecular complexity index is 541. The smallest absolute Gasteiger partial charge is 0.317 e. The minimum absolute atomic E-state index is 0.0326. The molecule has 0 saturated carbocycles. The average molecular weight is 323 g/mol. The Morgan fingerprint density at radius 2 is 2.22 bits per heavy atom. The first-order chi connectivity index (χ1) is 11.0. The Morgan fingerprint density at radius 3 is 2.83 bits per heavy atom. The van der Waals surface area contributed by atoms with Crippen molar-refractivity contribution in [2.45, 2.75) is 52.4 Å². The molecule has 2 heterocycles. The number of carbonyl (C=O) groups is 1. The van der Waals surface area contributed by atoms with Gasteiger partial charge in [-0.2, -0.15) is 5.10 Å². The molecule has 1 aromatic heterocycles. The van der Waals surface area contributed by atoms with Gasteiger partial charge in [0.05, 0.1) is 18.8 Å². The van der Waals surface area contributed by atoms with Crippen LogP contribution in [0, 0.1) is 0 Å². The van der Waals surface area contributed by atoms with Gasteiger partial charge in [-0.1, -0.05) is 0 Å². The maximum atomic E-state index is 12.3. The predicted octanol–water partition coefficient (Wildman–Crippen LogP) is 0.803. The number of hydrogen-bond acceptors (Lipinski definition) is 4. The van der Waals surface area contributed by atoms with E-state index in [1.165, 1.54) is 0 Å². The second kappa shape index (κ2) is 7.79. The lowest BCUT2D eigenvalue weighted by molar-refractivity contribution is 0.189. The summed E-state index contributed by atoms with van der Waals surface area (Å²) in [5.74, 6) is 0. The molecular formula is C16H29N5O2. The van der Waals surface area contributed by atoms with Gasteiger partial charge in [-0.15, -0.1) is 0 Å². The maximum Gasteiger partial charge on any atom is 0.317 e. The van der Waals surface area contributed by atoms with Crippen LogP contribution in [0.5, 0.6) is 0 Å². The first-order valence-electron chi connectivity index (χ1n) is 8.35. The van der Waals surface area contributed by atoms with E-state index < -0.39 is 0 Å². The first-order valence-corrected chi connectivity index (χ1v) is 8.35. The van der Waals surface area contributed by atoms with E-state index in [4.69, 9.17) is 0 Å². The fourth-order valence-electron chi connectivity index (χ4n) is 2.88. The molecule has 0 aliphatic carbocycles. The summed E-state index contributed by atoms with van der Waals surface area (Å²) in [7, 11) is 4.08. The first kappa shape index (κ1) is 17.7. The highest BCUT2D eigenvalue weighted by molar-refractivity contribution is 5.74. The van der Waals surface area contributed by atoms with Crippen LogP contribution < -0.4 is 5.32 Å². The Balaban J connectivity index is 1.94. The molecule has 0 bridgehead atoms. The van der Waals surface area contributed by atoms with Crippen molar-refractivity contribution in [3.63, 3.8) is 0 Å². The molecular weight excluding hydrogens is 294 g/mol. The number of amides is 2. The zero-order valence-electron chi connectivity index (χ0n) is 14.7. The molecule has 0 spiro atoms. The molecule has 7 heteroatoms. The summed E-state index contributed by atoms with van der Waals surface area (Å²) in [6.07, 6.45) is 1.71. The van der Waals surface area contributed by atoms with Crippen LogP contribution in [0.3, 0.4) is 0 Å². The van der Waals surface area contributed by atoms with Crippen molar-refractivity contribution in [1.29, 1.82) is 0 Å². The molecule has 0 fully saturated rings. The second-order valence-corrected chi connectivity index (χ2v) is 6.35. The summed E-state index contributed by atoms with van der Waals surface area (Å²) in [5, 5.41) is 16.9. The van der Waals surface area contributed by atoms with Crippen LogP contribution in [0.2, 0.25) is 0 Å². The van der Waals surface area contributed by atoms with Crippen LogP contribution in [0.15, 0.2) is 0 Å². The molecule has 0 aromatic carbocycles. The van der Waals surface area contributed by atoms with Gasteiger partial charge in [0.15, 0.2) is 0 Å². The summed E-state index contributed by atoms with van der Waals surface area (Å²) in [5.41, 5.74) is 2.86. The highest BCUT2D eigenvalue weighted by atomic mass is 16.3. The number of urea groups is 1. The number of hydrogen-bond donors (Lipinski definition) is 2. The van der Waals surface area contributed by atoms with Crippen molar-refractivity contribution >= 4 is 6.03 Å². The highest BCUT2D eigenvalue weighted by Crippen LogP contribution is 2.22. The fourth-order valence-corrected chi connectivity index (χ4v) is 2.88. The summed E-state index contributed by atoms with van der Waals surface area (Å²) in [6.45, 7) is 6.79. The van der Waals surface area contributed by atoms with E-state index >= 15 is 0 Å². The maximum absolute atomic E-state index is 12.3. The minimum atomic E-state index is -0.0782. The molecule has 7 nitrogen and oxygen atoms in total. The Labute approximate surface area is 138 Å². The van der Waals surface area contributed by atoms with E-state index in [2.05, 4.69) is 22.2 Å². The van der Waals surface area contributed by atoms with Crippen LogP contribution >= 0.6 is 0 Å². The largest absolute Gasteiger partial charge is 0.390 e. The van der Waals surface area contributed by atoms with E-state index in [1.54, 1.807) is 0 Å². The van der Waals surface area contributed by atoms with Gasteiger partial charge >= 0.3 is 6.03 Å². The van der Waals surface area contributed by atoms with Crippen LogP contribution in [0.4, 0.5) is 4.79 Å². The normalized spacial score (nSPS) is 15.7. The van der Waals surface area contributed by atoms with Gasteiger partial charge in [-0.05, 0) is 34.4 Å². The van der Waals surface area contributed by atoms with E-state index in [-0.39, 0.29) is 12.6 Å². The average Bonchev–Trinajstić information content (AvgIpc) is 2.91. The molecule has 2 amide bonds. The number of rotatable bonds is 6. The van der Waals surface area contributed by atoms with Gasteiger partial charge in [0.1, 0.15) is 0 Å². The number of aliphatic hydroxyl groups is 1. The van der Waals surface area contributed by atoms with Crippen molar-refractivity contribution in [2.24, 2.45) is 0 Å². The number of carbonyl (C=O) groups excluding carboxylic acids is 1. The molecule has 23 heavy (non-hydrogen) atoms. The third-order valence-corrected chi connectivity index (χ3v) is 4.67. The third-order valence-electron chi connectivity index (χ3n) is 4.67. The third kappa shape index (κ3) is 4.03. The molecule has 2 rings (SSSR count). The summed E-state index contributed by atoms with van der Waals surface area (Å²) >= 11 is 0. The van der Waals surface area contributed by atoms with Crippen LogP contribution in [-0.2, 0) is 26.1 Å². The van der Waals surface area contributed by atoms with Gasteiger partial charge in [0, 0.05) is 43.4 Å². The number of nitrogens with one attached hydrogen (secondary N) is 1. The van der Waals surface area contributed by atoms with Crippen molar-refractivity contribution in [3.8, 4) is 0 Å². The molecule has 1 unspecified atom stereocenters. The van der Waals surface area contributed by atoms with E-state index in [1.807, 2.05) is 30.6 Å². The Morgan fingerprint density at radius 1 is 1.48 bits per heavy atom. The molecule has 2 N–H and O–H groups in total. The lowest BCUT2D eigenvalue weighted by atomic mass is 10.1. The lowest BCUT2D eigenvalue weighted by Gasteiger charge is -2.28. The molecule has 1 aromatic rings. The van der Waals surface area contributed by atoms with Crippen molar-refractivity contribution in [3.05, 3.63) is 17.0 Å². The topological polar surface area (TPSA) is 73.6 Å². The van der Waals surface area contributed by atoms with Crippen molar-refractivity contribution in [1.82, 2.24) is 24.9 Å². The molecule has 1 aliphatic rings. The molecule has 1 atom stereocenters. The quantitative estimate of drug-likeness (QED) is 0.812. The second-order valence-electron chi connectivity index (χ2n) is 6.35. The van der Waals surface area contributed by atoms with Gasteiger partial charge < -0.3 is 20.2 Å². The Kier molecular flexibility index (Phi) is 6.01. The zero-order chi connectivity index (χ0) is 17.0. The number of aliphatic hydroxyl groups excluding tert-OH is 1. The highest BCUT2D eigenvalue weighted by Gasteiger charge is 2.26. The minimum Gasteiger partial charge on any atom is -0.390 e. The number of nitrogens with zero attached hydrogens (tertiary/aromatic N) is 4. The molecule has 0 saturated heterocycles. The standard InChI is InChI=1S/C16H29N5O2/c1-5-21-15-7-9-20(10-13(15)14(11-22)18-21)16(23)17-8-6-12(2)19(3)4/h12,22H,5-11H2,1-4H3,(H,17,23).